The van der Waals surface area contributed by atoms with Gasteiger partial charge in [0, 0.05) is 58.3 Å². The molecule has 0 radical (unpaired) electrons. The van der Waals surface area contributed by atoms with Crippen LogP contribution >= 0.6 is 0 Å². The zero-order valence-corrected chi connectivity index (χ0v) is 11.4. The summed E-state index contributed by atoms with van der Waals surface area (Å²) in [6.45, 7) is 8.55. The summed E-state index contributed by atoms with van der Waals surface area (Å²) < 4.78 is 5.15. The van der Waals surface area contributed by atoms with Gasteiger partial charge in [-0.05, 0) is 18.6 Å². The van der Waals surface area contributed by atoms with Gasteiger partial charge in [-0.1, -0.05) is 6.07 Å². The minimum Gasteiger partial charge on any atom is -0.383 e. The number of ether oxygens (including phenoxy) is 1. The number of hydrogen-bond acceptors (Lipinski definition) is 4. The smallest absolute Gasteiger partial charge is 0.0589 e. The van der Waals surface area contributed by atoms with Crippen LogP contribution in [0, 0.1) is 0 Å². The Labute approximate surface area is 110 Å². The van der Waals surface area contributed by atoms with Crippen molar-refractivity contribution in [3.63, 3.8) is 0 Å². The largest absolute Gasteiger partial charge is 0.383 e. The lowest BCUT2D eigenvalue weighted by atomic mass is 10.1. The van der Waals surface area contributed by atoms with Gasteiger partial charge in [-0.25, -0.2) is 0 Å². The lowest BCUT2D eigenvalue weighted by Gasteiger charge is -2.39. The van der Waals surface area contributed by atoms with Crippen LogP contribution in [0.5, 0.6) is 0 Å². The second-order valence-electron chi connectivity index (χ2n) is 4.97. The van der Waals surface area contributed by atoms with Crippen molar-refractivity contribution in [3.8, 4) is 0 Å². The van der Waals surface area contributed by atoms with Gasteiger partial charge in [0.1, 0.15) is 0 Å². The van der Waals surface area contributed by atoms with E-state index in [9.17, 15) is 0 Å². The predicted molar refractivity (Wildman–Crippen MR) is 72.4 cm³/mol. The molecular weight excluding hydrogens is 226 g/mol. The molecule has 0 saturated carbocycles. The molecule has 1 saturated heterocycles. The average Bonchev–Trinajstić information content (AvgIpc) is 2.39. The van der Waals surface area contributed by atoms with E-state index in [1.165, 1.54) is 5.56 Å². The summed E-state index contributed by atoms with van der Waals surface area (Å²) in [5, 5.41) is 0. The van der Waals surface area contributed by atoms with Gasteiger partial charge in [0.25, 0.3) is 0 Å². The molecule has 0 aromatic carbocycles. The number of methoxy groups -OCH3 is 1. The zero-order valence-electron chi connectivity index (χ0n) is 11.4. The molecule has 1 aromatic rings. The van der Waals surface area contributed by atoms with Gasteiger partial charge in [0.15, 0.2) is 0 Å². The Morgan fingerprint density at radius 2 is 2.33 bits per heavy atom. The van der Waals surface area contributed by atoms with Crippen LogP contribution < -0.4 is 0 Å². The molecule has 1 aromatic heterocycles. The minimum atomic E-state index is 0.602. The Hall–Kier alpha value is -0.970. The molecule has 1 aliphatic heterocycles. The Morgan fingerprint density at radius 3 is 3.00 bits per heavy atom. The fraction of sp³-hybridized carbons (Fsp3) is 0.643. The molecule has 0 spiro atoms. The van der Waals surface area contributed by atoms with Crippen molar-refractivity contribution in [2.45, 2.75) is 19.5 Å². The van der Waals surface area contributed by atoms with E-state index in [2.05, 4.69) is 27.8 Å². The fourth-order valence-corrected chi connectivity index (χ4v) is 2.50. The lowest BCUT2D eigenvalue weighted by Crippen LogP contribution is -2.52. The molecule has 1 fully saturated rings. The molecule has 0 unspecified atom stereocenters. The molecule has 1 atom stereocenters. The normalized spacial score (nSPS) is 22.2. The first kappa shape index (κ1) is 13.5. The van der Waals surface area contributed by atoms with Crippen LogP contribution in [0.3, 0.4) is 0 Å². The highest BCUT2D eigenvalue weighted by molar-refractivity contribution is 5.08. The Bertz CT molecular complexity index is 344. The monoisotopic (exact) mass is 249 g/mol. The standard InChI is InChI=1S/C14H23N3O/c1-13-11-16(6-7-17(13)8-9-18-2)12-14-4-3-5-15-10-14/h3-5,10,13H,6-9,11-12H2,1-2H3/t13-/m1/s1. The molecule has 2 rings (SSSR count). The first-order valence-electron chi connectivity index (χ1n) is 6.64. The highest BCUT2D eigenvalue weighted by atomic mass is 16.5. The number of nitrogens with zero attached hydrogens (tertiary/aromatic N) is 3. The Morgan fingerprint density at radius 1 is 1.44 bits per heavy atom. The SMILES string of the molecule is COCCN1CCN(Cc2cccnc2)C[C@H]1C. The second kappa shape index (κ2) is 6.83. The third kappa shape index (κ3) is 3.77. The minimum absolute atomic E-state index is 0.602. The van der Waals surface area contributed by atoms with Gasteiger partial charge >= 0.3 is 0 Å². The molecule has 4 nitrogen and oxygen atoms in total. The van der Waals surface area contributed by atoms with Crippen LogP contribution in [0.25, 0.3) is 0 Å². The van der Waals surface area contributed by atoms with Crippen molar-refractivity contribution < 1.29 is 4.74 Å². The van der Waals surface area contributed by atoms with Crippen LogP contribution in [-0.2, 0) is 11.3 Å². The maximum Gasteiger partial charge on any atom is 0.0589 e. The van der Waals surface area contributed by atoms with Gasteiger partial charge in [0.05, 0.1) is 6.61 Å². The van der Waals surface area contributed by atoms with Crippen molar-refractivity contribution in [1.29, 1.82) is 0 Å². The second-order valence-corrected chi connectivity index (χ2v) is 4.97. The molecule has 0 aliphatic carbocycles. The Balaban J connectivity index is 1.81. The number of pyridine rings is 1. The average molecular weight is 249 g/mol. The van der Waals surface area contributed by atoms with E-state index in [1.54, 1.807) is 7.11 Å². The van der Waals surface area contributed by atoms with Crippen LogP contribution in [0.15, 0.2) is 24.5 Å². The van der Waals surface area contributed by atoms with Crippen LogP contribution in [0.2, 0.25) is 0 Å². The van der Waals surface area contributed by atoms with Crippen molar-refractivity contribution in [2.75, 3.05) is 39.9 Å². The molecule has 1 aliphatic rings. The molecular formula is C14H23N3O. The van der Waals surface area contributed by atoms with Crippen molar-refractivity contribution in [1.82, 2.24) is 14.8 Å². The molecule has 100 valence electrons. The third-order valence-electron chi connectivity index (χ3n) is 3.56. The third-order valence-corrected chi connectivity index (χ3v) is 3.56. The van der Waals surface area contributed by atoms with Gasteiger partial charge in [-0.15, -0.1) is 0 Å². The lowest BCUT2D eigenvalue weighted by molar-refractivity contribution is 0.0557. The predicted octanol–water partition coefficient (Wildman–Crippen LogP) is 1.23. The van der Waals surface area contributed by atoms with Gasteiger partial charge in [-0.3, -0.25) is 14.8 Å². The van der Waals surface area contributed by atoms with E-state index in [4.69, 9.17) is 4.74 Å². The summed E-state index contributed by atoms with van der Waals surface area (Å²) in [4.78, 5) is 9.18. The quantitative estimate of drug-likeness (QED) is 0.785. The van der Waals surface area contributed by atoms with E-state index in [-0.39, 0.29) is 0 Å². The molecule has 0 amide bonds. The van der Waals surface area contributed by atoms with E-state index in [1.807, 2.05) is 18.5 Å². The molecule has 0 N–H and O–H groups in total. The van der Waals surface area contributed by atoms with Crippen LogP contribution in [-0.4, -0.2) is 60.7 Å². The summed E-state index contributed by atoms with van der Waals surface area (Å²) in [5.74, 6) is 0. The summed E-state index contributed by atoms with van der Waals surface area (Å²) >= 11 is 0. The van der Waals surface area contributed by atoms with E-state index in [0.29, 0.717) is 6.04 Å². The summed E-state index contributed by atoms with van der Waals surface area (Å²) in [5.41, 5.74) is 1.30. The maximum atomic E-state index is 5.15. The molecule has 18 heavy (non-hydrogen) atoms. The van der Waals surface area contributed by atoms with Gasteiger partial charge in [-0.2, -0.15) is 0 Å². The maximum absolute atomic E-state index is 5.15. The zero-order chi connectivity index (χ0) is 12.8. The molecule has 4 heteroatoms. The number of piperazine rings is 1. The van der Waals surface area contributed by atoms with Gasteiger partial charge < -0.3 is 4.74 Å². The van der Waals surface area contributed by atoms with E-state index in [0.717, 1.165) is 39.3 Å². The summed E-state index contributed by atoms with van der Waals surface area (Å²) in [6, 6.07) is 4.76. The van der Waals surface area contributed by atoms with Crippen LogP contribution in [0.4, 0.5) is 0 Å². The Kier molecular flexibility index (Phi) is 5.11. The topological polar surface area (TPSA) is 28.6 Å². The van der Waals surface area contributed by atoms with Crippen molar-refractivity contribution in [2.24, 2.45) is 0 Å². The van der Waals surface area contributed by atoms with E-state index < -0.39 is 0 Å². The highest BCUT2D eigenvalue weighted by Gasteiger charge is 2.22. The van der Waals surface area contributed by atoms with Gasteiger partial charge in [0.2, 0.25) is 0 Å². The highest BCUT2D eigenvalue weighted by Crippen LogP contribution is 2.12. The van der Waals surface area contributed by atoms with Crippen molar-refractivity contribution >= 4 is 0 Å². The molecule has 2 heterocycles. The number of aromatic nitrogens is 1. The van der Waals surface area contributed by atoms with Crippen LogP contribution in [0.1, 0.15) is 12.5 Å². The van der Waals surface area contributed by atoms with Crippen molar-refractivity contribution in [3.05, 3.63) is 30.1 Å². The first-order valence-corrected chi connectivity index (χ1v) is 6.64. The number of rotatable bonds is 5. The van der Waals surface area contributed by atoms with E-state index >= 15 is 0 Å². The number of hydrogen-bond donors (Lipinski definition) is 0. The fourth-order valence-electron chi connectivity index (χ4n) is 2.50. The molecule has 0 bridgehead atoms. The summed E-state index contributed by atoms with van der Waals surface area (Å²) in [7, 11) is 1.77. The first-order chi connectivity index (χ1) is 8.79. The summed E-state index contributed by atoms with van der Waals surface area (Å²) in [6.07, 6.45) is 3.79.